The number of pyridine rings is 1. The number of hydrogen-bond donors (Lipinski definition) is 2. The van der Waals surface area contributed by atoms with Gasteiger partial charge in [0.05, 0.1) is 22.2 Å². The smallest absolute Gasteiger partial charge is 0.195 e. The van der Waals surface area contributed by atoms with Gasteiger partial charge in [0.15, 0.2) is 5.96 Å². The number of guanidine groups is 1. The lowest BCUT2D eigenvalue weighted by atomic mass is 10.2. The van der Waals surface area contributed by atoms with Crippen molar-refractivity contribution in [3.63, 3.8) is 0 Å². The van der Waals surface area contributed by atoms with Gasteiger partial charge < -0.3 is 10.6 Å². The lowest BCUT2D eigenvalue weighted by molar-refractivity contribution is 0.959. The predicted octanol–water partition coefficient (Wildman–Crippen LogP) is 2.37. The zero-order valence-electron chi connectivity index (χ0n) is 9.07. The van der Waals surface area contributed by atoms with Gasteiger partial charge in [-0.15, -0.1) is 0 Å². The molecular formula is C12H11BrN4. The van der Waals surface area contributed by atoms with Crippen LogP contribution in [0.3, 0.4) is 0 Å². The molecule has 2 aromatic rings. The molecule has 3 rings (SSSR count). The molecule has 1 aliphatic rings. The lowest BCUT2D eigenvalue weighted by Gasteiger charge is -2.10. The minimum absolute atomic E-state index is 0.828. The molecule has 2 N–H and O–H groups in total. The fourth-order valence-corrected chi connectivity index (χ4v) is 2.39. The van der Waals surface area contributed by atoms with E-state index in [0.29, 0.717) is 0 Å². The van der Waals surface area contributed by atoms with Crippen molar-refractivity contribution >= 4 is 38.5 Å². The summed E-state index contributed by atoms with van der Waals surface area (Å²) in [5.41, 5.74) is 1.98. The summed E-state index contributed by atoms with van der Waals surface area (Å²) in [5.74, 6) is 0.828. The van der Waals surface area contributed by atoms with Crippen molar-refractivity contribution < 1.29 is 0 Å². The molecule has 1 aromatic carbocycles. The summed E-state index contributed by atoms with van der Waals surface area (Å²) in [4.78, 5) is 8.62. The molecule has 0 fully saturated rings. The summed E-state index contributed by atoms with van der Waals surface area (Å²) in [6.07, 6.45) is 1.80. The Morgan fingerprint density at radius 2 is 2.24 bits per heavy atom. The van der Waals surface area contributed by atoms with Crippen molar-refractivity contribution in [1.82, 2.24) is 10.3 Å². The van der Waals surface area contributed by atoms with Crippen LogP contribution in [-0.2, 0) is 0 Å². The summed E-state index contributed by atoms with van der Waals surface area (Å²) in [6, 6.07) is 7.98. The molecule has 5 heteroatoms. The van der Waals surface area contributed by atoms with Gasteiger partial charge in [-0.25, -0.2) is 0 Å². The van der Waals surface area contributed by atoms with Crippen LogP contribution in [0.5, 0.6) is 0 Å². The van der Waals surface area contributed by atoms with E-state index >= 15 is 0 Å². The molecule has 0 bridgehead atoms. The predicted molar refractivity (Wildman–Crippen MR) is 73.4 cm³/mol. The van der Waals surface area contributed by atoms with Crippen LogP contribution in [0.4, 0.5) is 5.69 Å². The third-order valence-electron chi connectivity index (χ3n) is 2.65. The van der Waals surface area contributed by atoms with Gasteiger partial charge in [0.1, 0.15) is 0 Å². The van der Waals surface area contributed by atoms with Crippen molar-refractivity contribution in [3.8, 4) is 0 Å². The molecule has 4 nitrogen and oxygen atoms in total. The summed E-state index contributed by atoms with van der Waals surface area (Å²) >= 11 is 3.60. The Morgan fingerprint density at radius 1 is 1.29 bits per heavy atom. The van der Waals surface area contributed by atoms with E-state index in [2.05, 4.69) is 36.5 Å². The number of benzene rings is 1. The standard InChI is InChI=1S/C12H11BrN4/c13-11-8-2-1-5-14-9(8)3-4-10(11)17-12-15-6-7-16-12/h1-5H,6-7H2,(H2,15,16,17). The average Bonchev–Trinajstić information content (AvgIpc) is 2.86. The van der Waals surface area contributed by atoms with E-state index in [-0.39, 0.29) is 0 Å². The van der Waals surface area contributed by atoms with E-state index < -0.39 is 0 Å². The first kappa shape index (κ1) is 10.5. The molecule has 0 saturated heterocycles. The number of rotatable bonds is 1. The number of aliphatic imine (C=N–C) groups is 1. The van der Waals surface area contributed by atoms with Crippen LogP contribution in [0.15, 0.2) is 39.9 Å². The van der Waals surface area contributed by atoms with E-state index in [4.69, 9.17) is 0 Å². The second kappa shape index (κ2) is 4.33. The van der Waals surface area contributed by atoms with Gasteiger partial charge >= 0.3 is 0 Å². The SMILES string of the molecule is Brc1c(NC2=NCCN2)ccc2ncccc12. The number of aromatic nitrogens is 1. The van der Waals surface area contributed by atoms with Crippen LogP contribution in [0, 0.1) is 0 Å². The molecule has 0 atom stereocenters. The summed E-state index contributed by atoms with van der Waals surface area (Å²) in [7, 11) is 0. The van der Waals surface area contributed by atoms with Gasteiger partial charge in [-0.2, -0.15) is 0 Å². The Morgan fingerprint density at radius 3 is 3.06 bits per heavy atom. The summed E-state index contributed by atoms with van der Waals surface area (Å²) in [5, 5.41) is 7.54. The summed E-state index contributed by atoms with van der Waals surface area (Å²) < 4.78 is 1.01. The van der Waals surface area contributed by atoms with E-state index in [9.17, 15) is 0 Å². The van der Waals surface area contributed by atoms with E-state index in [1.165, 1.54) is 0 Å². The Bertz CT molecular complexity index is 594. The first-order valence-electron chi connectivity index (χ1n) is 5.43. The maximum atomic E-state index is 4.31. The van der Waals surface area contributed by atoms with E-state index in [0.717, 1.165) is 40.1 Å². The highest BCUT2D eigenvalue weighted by atomic mass is 79.9. The monoisotopic (exact) mass is 290 g/mol. The molecule has 0 saturated carbocycles. The average molecular weight is 291 g/mol. The third-order valence-corrected chi connectivity index (χ3v) is 3.50. The highest BCUT2D eigenvalue weighted by Crippen LogP contribution is 2.30. The number of halogens is 1. The largest absolute Gasteiger partial charge is 0.354 e. The first-order valence-corrected chi connectivity index (χ1v) is 6.22. The highest BCUT2D eigenvalue weighted by molar-refractivity contribution is 9.10. The molecule has 1 aromatic heterocycles. The van der Waals surface area contributed by atoms with Crippen LogP contribution in [0.2, 0.25) is 0 Å². The Balaban J connectivity index is 2.02. The second-order valence-electron chi connectivity index (χ2n) is 3.78. The van der Waals surface area contributed by atoms with Crippen molar-refractivity contribution in [1.29, 1.82) is 0 Å². The molecule has 0 unspecified atom stereocenters. The van der Waals surface area contributed by atoms with Crippen LogP contribution >= 0.6 is 15.9 Å². The number of anilines is 1. The normalized spacial score (nSPS) is 14.5. The van der Waals surface area contributed by atoms with Gasteiger partial charge in [0, 0.05) is 18.1 Å². The van der Waals surface area contributed by atoms with Gasteiger partial charge in [-0.1, -0.05) is 6.07 Å². The molecule has 0 spiro atoms. The van der Waals surface area contributed by atoms with Gasteiger partial charge in [-0.05, 0) is 34.1 Å². The molecule has 17 heavy (non-hydrogen) atoms. The van der Waals surface area contributed by atoms with Crippen LogP contribution in [0.25, 0.3) is 10.9 Å². The molecule has 2 heterocycles. The lowest BCUT2D eigenvalue weighted by Crippen LogP contribution is -2.26. The van der Waals surface area contributed by atoms with Crippen molar-refractivity contribution in [2.24, 2.45) is 4.99 Å². The Hall–Kier alpha value is -1.62. The zero-order chi connectivity index (χ0) is 11.7. The zero-order valence-corrected chi connectivity index (χ0v) is 10.7. The van der Waals surface area contributed by atoms with Crippen LogP contribution < -0.4 is 10.6 Å². The minimum atomic E-state index is 0.828. The molecule has 1 aliphatic heterocycles. The molecular weight excluding hydrogens is 280 g/mol. The second-order valence-corrected chi connectivity index (χ2v) is 4.57. The van der Waals surface area contributed by atoms with Crippen LogP contribution in [-0.4, -0.2) is 24.0 Å². The Labute approximate surface area is 107 Å². The number of nitrogens with zero attached hydrogens (tertiary/aromatic N) is 2. The maximum Gasteiger partial charge on any atom is 0.195 e. The molecule has 0 amide bonds. The van der Waals surface area contributed by atoms with Crippen LogP contribution in [0.1, 0.15) is 0 Å². The topological polar surface area (TPSA) is 49.3 Å². The summed E-state index contributed by atoms with van der Waals surface area (Å²) in [6.45, 7) is 1.73. The van der Waals surface area contributed by atoms with Crippen molar-refractivity contribution in [3.05, 3.63) is 34.9 Å². The van der Waals surface area contributed by atoms with E-state index in [1.54, 1.807) is 6.20 Å². The minimum Gasteiger partial charge on any atom is -0.354 e. The number of fused-ring (bicyclic) bond motifs is 1. The third kappa shape index (κ3) is 1.98. The molecule has 86 valence electrons. The van der Waals surface area contributed by atoms with E-state index in [1.807, 2.05) is 24.3 Å². The number of nitrogens with one attached hydrogen (secondary N) is 2. The first-order chi connectivity index (χ1) is 8.34. The Kier molecular flexibility index (Phi) is 2.68. The van der Waals surface area contributed by atoms with Crippen molar-refractivity contribution in [2.75, 3.05) is 18.4 Å². The van der Waals surface area contributed by atoms with Gasteiger partial charge in [-0.3, -0.25) is 9.98 Å². The fourth-order valence-electron chi connectivity index (χ4n) is 1.82. The number of hydrogen-bond acceptors (Lipinski definition) is 4. The van der Waals surface area contributed by atoms with Gasteiger partial charge in [0.25, 0.3) is 0 Å². The van der Waals surface area contributed by atoms with Gasteiger partial charge in [0.2, 0.25) is 0 Å². The molecule has 0 radical (unpaired) electrons. The molecule has 0 aliphatic carbocycles. The quantitative estimate of drug-likeness (QED) is 0.848. The highest BCUT2D eigenvalue weighted by Gasteiger charge is 2.09. The fraction of sp³-hybridized carbons (Fsp3) is 0.167. The van der Waals surface area contributed by atoms with Crippen molar-refractivity contribution in [2.45, 2.75) is 0 Å². The maximum absolute atomic E-state index is 4.31.